The SMILES string of the molecule is Cc1ncsc1C(C)N[C@@H](C)CO. The third-order valence-electron chi connectivity index (χ3n) is 1.98. The van der Waals surface area contributed by atoms with Gasteiger partial charge in [-0.05, 0) is 20.8 Å². The molecule has 1 heterocycles. The minimum atomic E-state index is 0.136. The van der Waals surface area contributed by atoms with E-state index in [9.17, 15) is 0 Å². The summed E-state index contributed by atoms with van der Waals surface area (Å²) < 4.78 is 0. The smallest absolute Gasteiger partial charge is 0.0798 e. The van der Waals surface area contributed by atoms with Crippen molar-refractivity contribution < 1.29 is 5.11 Å². The zero-order chi connectivity index (χ0) is 9.84. The molecule has 0 aliphatic rings. The maximum atomic E-state index is 8.88. The van der Waals surface area contributed by atoms with Gasteiger partial charge in [-0.3, -0.25) is 0 Å². The van der Waals surface area contributed by atoms with E-state index in [4.69, 9.17) is 5.11 Å². The van der Waals surface area contributed by atoms with Crippen LogP contribution in [0.4, 0.5) is 0 Å². The van der Waals surface area contributed by atoms with Crippen molar-refractivity contribution in [1.82, 2.24) is 10.3 Å². The number of nitrogens with zero attached hydrogens (tertiary/aromatic N) is 1. The highest BCUT2D eigenvalue weighted by atomic mass is 32.1. The number of aliphatic hydroxyl groups excluding tert-OH is 1. The highest BCUT2D eigenvalue weighted by molar-refractivity contribution is 7.09. The van der Waals surface area contributed by atoms with Crippen molar-refractivity contribution in [2.24, 2.45) is 0 Å². The van der Waals surface area contributed by atoms with Crippen LogP contribution in [-0.2, 0) is 0 Å². The van der Waals surface area contributed by atoms with Crippen molar-refractivity contribution in [2.75, 3.05) is 6.61 Å². The van der Waals surface area contributed by atoms with Crippen LogP contribution in [0.25, 0.3) is 0 Å². The summed E-state index contributed by atoms with van der Waals surface area (Å²) in [6, 6.07) is 0.408. The second-order valence-corrected chi connectivity index (χ2v) is 4.16. The Bertz CT molecular complexity index is 262. The fourth-order valence-electron chi connectivity index (χ4n) is 1.28. The quantitative estimate of drug-likeness (QED) is 0.774. The maximum Gasteiger partial charge on any atom is 0.0798 e. The standard InChI is InChI=1S/C9H16N2OS/c1-6(4-12)11-8(3)9-7(2)10-5-13-9/h5-6,8,11-12H,4H2,1-3H3/t6-,8?/m0/s1. The van der Waals surface area contributed by atoms with E-state index >= 15 is 0 Å². The first kappa shape index (κ1) is 10.6. The van der Waals surface area contributed by atoms with Gasteiger partial charge in [-0.1, -0.05) is 0 Å². The highest BCUT2D eigenvalue weighted by Gasteiger charge is 2.12. The molecule has 0 spiro atoms. The molecule has 1 unspecified atom stereocenters. The molecule has 1 rings (SSSR count). The third-order valence-corrected chi connectivity index (χ3v) is 3.10. The molecule has 0 aliphatic carbocycles. The van der Waals surface area contributed by atoms with Crippen molar-refractivity contribution in [3.05, 3.63) is 16.1 Å². The second-order valence-electron chi connectivity index (χ2n) is 3.27. The first-order valence-corrected chi connectivity index (χ1v) is 5.30. The number of hydrogen-bond acceptors (Lipinski definition) is 4. The molecule has 2 atom stereocenters. The Hall–Kier alpha value is -0.450. The summed E-state index contributed by atoms with van der Waals surface area (Å²) in [6.45, 7) is 6.23. The maximum absolute atomic E-state index is 8.88. The number of aliphatic hydroxyl groups is 1. The van der Waals surface area contributed by atoms with Crippen molar-refractivity contribution in [2.45, 2.75) is 32.9 Å². The molecule has 74 valence electrons. The van der Waals surface area contributed by atoms with Crippen LogP contribution >= 0.6 is 11.3 Å². The Labute approximate surface area is 82.8 Å². The van der Waals surface area contributed by atoms with E-state index in [1.54, 1.807) is 11.3 Å². The van der Waals surface area contributed by atoms with Crippen LogP contribution in [0.5, 0.6) is 0 Å². The molecular weight excluding hydrogens is 184 g/mol. The minimum Gasteiger partial charge on any atom is -0.395 e. The van der Waals surface area contributed by atoms with E-state index in [0.717, 1.165) is 5.69 Å². The van der Waals surface area contributed by atoms with Crippen molar-refractivity contribution in [3.8, 4) is 0 Å². The van der Waals surface area contributed by atoms with Gasteiger partial charge >= 0.3 is 0 Å². The van der Waals surface area contributed by atoms with Crippen molar-refractivity contribution in [1.29, 1.82) is 0 Å². The summed E-state index contributed by atoms with van der Waals surface area (Å²) in [7, 11) is 0. The van der Waals surface area contributed by atoms with Gasteiger partial charge in [0.25, 0.3) is 0 Å². The fourth-order valence-corrected chi connectivity index (χ4v) is 2.10. The molecule has 1 aromatic rings. The first-order valence-electron chi connectivity index (χ1n) is 4.42. The molecule has 13 heavy (non-hydrogen) atoms. The molecule has 0 radical (unpaired) electrons. The summed E-state index contributed by atoms with van der Waals surface area (Å²) in [4.78, 5) is 5.44. The zero-order valence-corrected chi connectivity index (χ0v) is 9.06. The van der Waals surface area contributed by atoms with Crippen LogP contribution in [0.3, 0.4) is 0 Å². The molecular formula is C9H16N2OS. The lowest BCUT2D eigenvalue weighted by Crippen LogP contribution is -2.31. The molecule has 0 saturated heterocycles. The van der Waals surface area contributed by atoms with Crippen LogP contribution in [0.15, 0.2) is 5.51 Å². The second kappa shape index (κ2) is 4.69. The Morgan fingerprint density at radius 2 is 2.31 bits per heavy atom. The van der Waals surface area contributed by atoms with E-state index in [1.165, 1.54) is 4.88 Å². The van der Waals surface area contributed by atoms with E-state index in [1.807, 2.05) is 19.4 Å². The topological polar surface area (TPSA) is 45.2 Å². The average Bonchev–Trinajstić information content (AvgIpc) is 2.51. The Balaban J connectivity index is 2.58. The van der Waals surface area contributed by atoms with E-state index in [2.05, 4.69) is 17.2 Å². The van der Waals surface area contributed by atoms with Gasteiger partial charge in [0.2, 0.25) is 0 Å². The molecule has 0 saturated carbocycles. The molecule has 3 nitrogen and oxygen atoms in total. The number of rotatable bonds is 4. The van der Waals surface area contributed by atoms with Crippen LogP contribution < -0.4 is 5.32 Å². The van der Waals surface area contributed by atoms with E-state index in [0.29, 0.717) is 0 Å². The highest BCUT2D eigenvalue weighted by Crippen LogP contribution is 2.21. The van der Waals surface area contributed by atoms with E-state index in [-0.39, 0.29) is 18.7 Å². The lowest BCUT2D eigenvalue weighted by Gasteiger charge is -2.17. The van der Waals surface area contributed by atoms with Crippen molar-refractivity contribution in [3.63, 3.8) is 0 Å². The monoisotopic (exact) mass is 200 g/mol. The fraction of sp³-hybridized carbons (Fsp3) is 0.667. The Morgan fingerprint density at radius 3 is 2.77 bits per heavy atom. The third kappa shape index (κ3) is 2.76. The zero-order valence-electron chi connectivity index (χ0n) is 8.24. The van der Waals surface area contributed by atoms with Crippen LogP contribution in [-0.4, -0.2) is 22.7 Å². The van der Waals surface area contributed by atoms with E-state index < -0.39 is 0 Å². The van der Waals surface area contributed by atoms with Crippen molar-refractivity contribution >= 4 is 11.3 Å². The average molecular weight is 200 g/mol. The number of aryl methyl sites for hydroxylation is 1. The summed E-state index contributed by atoms with van der Waals surface area (Å²) in [5, 5.41) is 12.2. The summed E-state index contributed by atoms with van der Waals surface area (Å²) in [6.07, 6.45) is 0. The van der Waals surface area contributed by atoms with Crippen LogP contribution in [0.2, 0.25) is 0 Å². The summed E-state index contributed by atoms with van der Waals surface area (Å²) in [5.41, 5.74) is 2.93. The molecule has 0 aliphatic heterocycles. The molecule has 4 heteroatoms. The molecule has 2 N–H and O–H groups in total. The predicted octanol–water partition coefficient (Wildman–Crippen LogP) is 1.48. The molecule has 0 amide bonds. The Morgan fingerprint density at radius 1 is 1.62 bits per heavy atom. The van der Waals surface area contributed by atoms with Gasteiger partial charge in [-0.2, -0.15) is 0 Å². The lowest BCUT2D eigenvalue weighted by atomic mass is 10.2. The van der Waals surface area contributed by atoms with Gasteiger partial charge in [0.1, 0.15) is 0 Å². The number of nitrogens with one attached hydrogen (secondary N) is 1. The minimum absolute atomic E-state index is 0.136. The van der Waals surface area contributed by atoms with Gasteiger partial charge < -0.3 is 10.4 Å². The van der Waals surface area contributed by atoms with Gasteiger partial charge in [-0.25, -0.2) is 4.98 Å². The molecule has 0 fully saturated rings. The van der Waals surface area contributed by atoms with Gasteiger partial charge in [0, 0.05) is 17.0 Å². The van der Waals surface area contributed by atoms with Crippen LogP contribution in [0, 0.1) is 6.92 Å². The predicted molar refractivity (Wildman–Crippen MR) is 54.9 cm³/mol. The number of aromatic nitrogens is 1. The lowest BCUT2D eigenvalue weighted by molar-refractivity contribution is 0.243. The number of thiazole rings is 1. The molecule has 1 aromatic heterocycles. The summed E-state index contributed by atoms with van der Waals surface area (Å²) >= 11 is 1.65. The normalized spacial score (nSPS) is 15.7. The Kier molecular flexibility index (Phi) is 3.84. The van der Waals surface area contributed by atoms with Gasteiger partial charge in [-0.15, -0.1) is 11.3 Å². The van der Waals surface area contributed by atoms with Gasteiger partial charge in [0.05, 0.1) is 17.8 Å². The molecule has 0 aromatic carbocycles. The first-order chi connectivity index (χ1) is 6.15. The molecule has 0 bridgehead atoms. The van der Waals surface area contributed by atoms with Crippen LogP contribution in [0.1, 0.15) is 30.5 Å². The number of hydrogen-bond donors (Lipinski definition) is 2. The summed E-state index contributed by atoms with van der Waals surface area (Å²) in [5.74, 6) is 0. The largest absolute Gasteiger partial charge is 0.395 e. The van der Waals surface area contributed by atoms with Gasteiger partial charge in [0.15, 0.2) is 0 Å².